The SMILES string of the molecule is CCOc1ccc(/C=C/c2ccc(C=C3C=CC(c4ccc[nH]4)=[N+]3C)n2B(F)F)cc1. The lowest BCUT2D eigenvalue weighted by Crippen LogP contribution is -2.16. The van der Waals surface area contributed by atoms with Crippen molar-refractivity contribution < 1.29 is 17.9 Å². The Labute approximate surface area is 180 Å². The minimum Gasteiger partial charge on any atom is -0.494 e. The highest BCUT2D eigenvalue weighted by atomic mass is 19.2. The molecule has 0 bridgehead atoms. The molecule has 3 heterocycles. The third kappa shape index (κ3) is 4.45. The molecule has 1 aliphatic rings. The molecule has 3 aromatic rings. The molecule has 0 fully saturated rings. The largest absolute Gasteiger partial charge is 0.678 e. The van der Waals surface area contributed by atoms with Crippen LogP contribution in [0.1, 0.15) is 29.6 Å². The lowest BCUT2D eigenvalue weighted by molar-refractivity contribution is -0.432. The summed E-state index contributed by atoms with van der Waals surface area (Å²) in [5, 5.41) is 0. The van der Waals surface area contributed by atoms with Crippen molar-refractivity contribution in [3.63, 3.8) is 0 Å². The van der Waals surface area contributed by atoms with E-state index in [1.807, 2.05) is 79.4 Å². The van der Waals surface area contributed by atoms with Crippen molar-refractivity contribution in [1.82, 2.24) is 9.46 Å². The summed E-state index contributed by atoms with van der Waals surface area (Å²) in [6.07, 6.45) is 11.0. The molecular formula is C24H23BF2N3O+. The summed E-state index contributed by atoms with van der Waals surface area (Å²) in [6.45, 7) is 2.53. The quantitative estimate of drug-likeness (QED) is 0.415. The minimum absolute atomic E-state index is 0.439. The first-order chi connectivity index (χ1) is 15.1. The number of hydrogen-bond donors (Lipinski definition) is 1. The van der Waals surface area contributed by atoms with Gasteiger partial charge in [0.15, 0.2) is 0 Å². The molecule has 0 amide bonds. The summed E-state index contributed by atoms with van der Waals surface area (Å²) in [4.78, 5) is 3.17. The number of aromatic nitrogens is 2. The van der Waals surface area contributed by atoms with Crippen molar-refractivity contribution in [2.75, 3.05) is 13.7 Å². The van der Waals surface area contributed by atoms with E-state index in [1.165, 1.54) is 0 Å². The van der Waals surface area contributed by atoms with Gasteiger partial charge in [0.2, 0.25) is 11.4 Å². The van der Waals surface area contributed by atoms with Crippen molar-refractivity contribution in [2.24, 2.45) is 0 Å². The van der Waals surface area contributed by atoms with Crippen LogP contribution >= 0.6 is 0 Å². The number of H-pyrrole nitrogens is 1. The van der Waals surface area contributed by atoms with E-state index in [4.69, 9.17) is 4.74 Å². The number of likely N-dealkylation sites (N-methyl/N-ethyl adjacent to an activating group) is 1. The molecule has 1 aromatic carbocycles. The Kier molecular flexibility index (Phi) is 6.02. The molecular weight excluding hydrogens is 395 g/mol. The van der Waals surface area contributed by atoms with Crippen LogP contribution in [0.25, 0.3) is 18.2 Å². The smallest absolute Gasteiger partial charge is 0.494 e. The van der Waals surface area contributed by atoms with E-state index in [2.05, 4.69) is 4.98 Å². The van der Waals surface area contributed by atoms with Crippen LogP contribution in [0.5, 0.6) is 5.75 Å². The van der Waals surface area contributed by atoms with Crippen LogP contribution in [0, 0.1) is 0 Å². The zero-order valence-electron chi connectivity index (χ0n) is 17.4. The fraction of sp³-hybridized carbons (Fsp3) is 0.125. The summed E-state index contributed by atoms with van der Waals surface area (Å²) < 4.78 is 36.2. The van der Waals surface area contributed by atoms with Gasteiger partial charge in [0.25, 0.3) is 0 Å². The number of allylic oxidation sites excluding steroid dienone is 2. The number of aromatic amines is 1. The maximum absolute atomic E-state index is 13.9. The van der Waals surface area contributed by atoms with Crippen LogP contribution in [0.2, 0.25) is 0 Å². The third-order valence-corrected chi connectivity index (χ3v) is 5.14. The fourth-order valence-electron chi connectivity index (χ4n) is 3.57. The molecule has 1 N–H and O–H groups in total. The third-order valence-electron chi connectivity index (χ3n) is 5.14. The monoisotopic (exact) mass is 418 g/mol. The molecule has 1 aliphatic heterocycles. The second-order valence-corrected chi connectivity index (χ2v) is 7.10. The van der Waals surface area contributed by atoms with Crippen molar-refractivity contribution in [3.8, 4) is 5.75 Å². The molecule has 4 nitrogen and oxygen atoms in total. The number of ether oxygens (including phenoxy) is 1. The maximum atomic E-state index is 13.9. The van der Waals surface area contributed by atoms with Crippen LogP contribution in [-0.4, -0.2) is 40.8 Å². The highest BCUT2D eigenvalue weighted by molar-refractivity contribution is 6.41. The van der Waals surface area contributed by atoms with E-state index >= 15 is 0 Å². The van der Waals surface area contributed by atoms with Crippen molar-refractivity contribution in [1.29, 1.82) is 0 Å². The van der Waals surface area contributed by atoms with Gasteiger partial charge in [0, 0.05) is 35.8 Å². The lowest BCUT2D eigenvalue weighted by atomic mass is 10.1. The van der Waals surface area contributed by atoms with Gasteiger partial charge in [-0.1, -0.05) is 18.2 Å². The molecule has 0 saturated heterocycles. The molecule has 0 saturated carbocycles. The summed E-state index contributed by atoms with van der Waals surface area (Å²) in [7, 11) is -0.728. The number of benzene rings is 1. The molecule has 0 spiro atoms. The second-order valence-electron chi connectivity index (χ2n) is 7.10. The van der Waals surface area contributed by atoms with Gasteiger partial charge >= 0.3 is 7.40 Å². The predicted octanol–water partition coefficient (Wildman–Crippen LogP) is 5.20. The second kappa shape index (κ2) is 9.04. The first-order valence-corrected chi connectivity index (χ1v) is 10.1. The van der Waals surface area contributed by atoms with Crippen LogP contribution in [0.4, 0.5) is 8.63 Å². The van der Waals surface area contributed by atoms with E-state index in [0.717, 1.165) is 32.9 Å². The Hall–Kier alpha value is -3.61. The van der Waals surface area contributed by atoms with Gasteiger partial charge in [-0.25, -0.2) is 0 Å². The van der Waals surface area contributed by atoms with Gasteiger partial charge in [-0.2, -0.15) is 4.58 Å². The molecule has 0 radical (unpaired) electrons. The van der Waals surface area contributed by atoms with Gasteiger partial charge in [0.1, 0.15) is 18.5 Å². The highest BCUT2D eigenvalue weighted by Gasteiger charge is 2.25. The molecule has 0 aliphatic carbocycles. The molecule has 0 unspecified atom stereocenters. The first kappa shape index (κ1) is 20.7. The van der Waals surface area contributed by atoms with Crippen molar-refractivity contribution in [2.45, 2.75) is 6.92 Å². The Morgan fingerprint density at radius 1 is 1.03 bits per heavy atom. The van der Waals surface area contributed by atoms with Crippen LogP contribution in [-0.2, 0) is 0 Å². The standard InChI is InChI=1S/C24H22BF2N3O/c1-3-31-22-13-7-18(8-14-22)6-9-19-10-11-21(30(19)25(26)27)17-20-12-15-24(29(20)2)23-5-4-16-28-23/h4-17H,3H2,1-2H3/p+1/b9-6+,20-17?. The van der Waals surface area contributed by atoms with Gasteiger partial charge in [-0.15, -0.1) is 0 Å². The van der Waals surface area contributed by atoms with Gasteiger partial charge in [-0.05, 0) is 55.0 Å². The van der Waals surface area contributed by atoms with Crippen LogP contribution in [0.3, 0.4) is 0 Å². The van der Waals surface area contributed by atoms with E-state index in [0.29, 0.717) is 18.0 Å². The topological polar surface area (TPSA) is 33.0 Å². The molecule has 4 rings (SSSR count). The van der Waals surface area contributed by atoms with E-state index in [1.54, 1.807) is 24.3 Å². The predicted molar refractivity (Wildman–Crippen MR) is 123 cm³/mol. The zero-order valence-corrected chi connectivity index (χ0v) is 17.4. The normalized spacial score (nSPS) is 14.9. The molecule has 2 aromatic heterocycles. The number of nitrogens with zero attached hydrogens (tertiary/aromatic N) is 2. The first-order valence-electron chi connectivity index (χ1n) is 10.1. The maximum Gasteiger partial charge on any atom is 0.678 e. The van der Waals surface area contributed by atoms with Gasteiger partial charge in [-0.3, -0.25) is 8.63 Å². The van der Waals surface area contributed by atoms with E-state index in [9.17, 15) is 8.63 Å². The van der Waals surface area contributed by atoms with Crippen molar-refractivity contribution in [3.05, 3.63) is 95.2 Å². The number of nitrogens with one attached hydrogen (secondary N) is 1. The Balaban J connectivity index is 1.61. The van der Waals surface area contributed by atoms with Gasteiger partial charge in [0.05, 0.1) is 6.61 Å². The Morgan fingerprint density at radius 2 is 1.81 bits per heavy atom. The van der Waals surface area contributed by atoms with Crippen LogP contribution < -0.4 is 4.74 Å². The number of rotatable bonds is 7. The average Bonchev–Trinajstić information content (AvgIpc) is 3.49. The molecule has 31 heavy (non-hydrogen) atoms. The lowest BCUT2D eigenvalue weighted by Gasteiger charge is -2.06. The molecule has 0 atom stereocenters. The summed E-state index contributed by atoms with van der Waals surface area (Å²) in [5.74, 6) is 0.786. The zero-order chi connectivity index (χ0) is 21.8. The highest BCUT2D eigenvalue weighted by Crippen LogP contribution is 2.21. The minimum atomic E-state index is -2.65. The Bertz CT molecular complexity index is 1170. The van der Waals surface area contributed by atoms with Gasteiger partial charge < -0.3 is 14.2 Å². The molecule has 7 heteroatoms. The fourth-order valence-corrected chi connectivity index (χ4v) is 3.57. The summed E-state index contributed by atoms with van der Waals surface area (Å²) in [5.41, 5.74) is 4.60. The summed E-state index contributed by atoms with van der Waals surface area (Å²) in [6, 6.07) is 14.9. The van der Waals surface area contributed by atoms with Crippen molar-refractivity contribution >= 4 is 31.3 Å². The van der Waals surface area contributed by atoms with E-state index < -0.39 is 7.40 Å². The molecule has 156 valence electrons. The Morgan fingerprint density at radius 3 is 2.48 bits per heavy atom. The number of hydrogen-bond acceptors (Lipinski definition) is 1. The average molecular weight is 418 g/mol. The van der Waals surface area contributed by atoms with Crippen LogP contribution in [0.15, 0.2) is 72.6 Å². The summed E-state index contributed by atoms with van der Waals surface area (Å²) >= 11 is 0. The van der Waals surface area contributed by atoms with E-state index in [-0.39, 0.29) is 0 Å². The number of halogens is 2.